The first-order valence-electron chi connectivity index (χ1n) is 11.0. The molecule has 0 radical (unpaired) electrons. The molecule has 1 aromatic rings. The lowest BCUT2D eigenvalue weighted by molar-refractivity contribution is -0.138. The number of rotatable bonds is 10. The molecule has 3 rings (SSSR count). The zero-order valence-corrected chi connectivity index (χ0v) is 17.9. The topological polar surface area (TPSA) is 79.0 Å². The fraction of sp³-hybridized carbons (Fsp3) is 0.609. The SMILES string of the molecule is COc1ccccc1CCCNC(=O)[C@@H]1CCC(=O)N(CCCN2CCCC2=O)C1. The largest absolute Gasteiger partial charge is 0.496 e. The molecule has 0 aromatic heterocycles. The third kappa shape index (κ3) is 5.97. The van der Waals surface area contributed by atoms with Gasteiger partial charge in [0.25, 0.3) is 0 Å². The van der Waals surface area contributed by atoms with Gasteiger partial charge in [0, 0.05) is 45.6 Å². The summed E-state index contributed by atoms with van der Waals surface area (Å²) >= 11 is 0. The molecule has 0 spiro atoms. The van der Waals surface area contributed by atoms with Gasteiger partial charge in [-0.05, 0) is 43.7 Å². The Hall–Kier alpha value is -2.57. The number of amides is 3. The van der Waals surface area contributed by atoms with Crippen LogP contribution in [0.4, 0.5) is 0 Å². The molecular formula is C23H33N3O4. The number of piperidine rings is 1. The highest BCUT2D eigenvalue weighted by atomic mass is 16.5. The summed E-state index contributed by atoms with van der Waals surface area (Å²) in [7, 11) is 1.67. The number of hydrogen-bond donors (Lipinski definition) is 1. The molecule has 2 saturated heterocycles. The zero-order valence-electron chi connectivity index (χ0n) is 17.9. The number of carbonyl (C=O) groups excluding carboxylic acids is 3. The van der Waals surface area contributed by atoms with Crippen LogP contribution < -0.4 is 10.1 Å². The van der Waals surface area contributed by atoms with Gasteiger partial charge < -0.3 is 19.9 Å². The van der Waals surface area contributed by atoms with E-state index in [4.69, 9.17) is 4.74 Å². The van der Waals surface area contributed by atoms with E-state index in [1.807, 2.05) is 29.2 Å². The molecule has 164 valence electrons. The highest BCUT2D eigenvalue weighted by molar-refractivity contribution is 5.83. The van der Waals surface area contributed by atoms with Crippen molar-refractivity contribution in [2.45, 2.75) is 44.9 Å². The van der Waals surface area contributed by atoms with Gasteiger partial charge in [-0.2, -0.15) is 0 Å². The van der Waals surface area contributed by atoms with Gasteiger partial charge in [0.15, 0.2) is 0 Å². The van der Waals surface area contributed by atoms with Crippen LogP contribution in [-0.2, 0) is 20.8 Å². The molecule has 0 aliphatic carbocycles. The Balaban J connectivity index is 1.37. The van der Waals surface area contributed by atoms with Gasteiger partial charge in [-0.1, -0.05) is 18.2 Å². The number of likely N-dealkylation sites (tertiary alicyclic amines) is 2. The molecule has 3 amide bonds. The van der Waals surface area contributed by atoms with Gasteiger partial charge in [0.2, 0.25) is 17.7 Å². The first kappa shape index (κ1) is 22.1. The molecule has 7 heteroatoms. The number of benzene rings is 1. The van der Waals surface area contributed by atoms with Crippen molar-refractivity contribution in [3.63, 3.8) is 0 Å². The Morgan fingerprint density at radius 3 is 2.63 bits per heavy atom. The van der Waals surface area contributed by atoms with Crippen LogP contribution in [0, 0.1) is 5.92 Å². The van der Waals surface area contributed by atoms with Gasteiger partial charge >= 0.3 is 0 Å². The Kier molecular flexibility index (Phi) is 8.11. The Morgan fingerprint density at radius 2 is 1.87 bits per heavy atom. The van der Waals surface area contributed by atoms with Gasteiger partial charge in [-0.3, -0.25) is 14.4 Å². The average molecular weight is 416 g/mol. The monoisotopic (exact) mass is 415 g/mol. The van der Waals surface area contributed by atoms with Crippen molar-refractivity contribution >= 4 is 17.7 Å². The maximum atomic E-state index is 12.6. The molecule has 1 aromatic carbocycles. The molecule has 2 aliphatic rings. The van der Waals surface area contributed by atoms with Crippen molar-refractivity contribution < 1.29 is 19.1 Å². The molecule has 1 N–H and O–H groups in total. The van der Waals surface area contributed by atoms with Crippen molar-refractivity contribution in [1.82, 2.24) is 15.1 Å². The van der Waals surface area contributed by atoms with Crippen LogP contribution in [0.5, 0.6) is 5.75 Å². The van der Waals surface area contributed by atoms with Crippen LogP contribution in [0.15, 0.2) is 24.3 Å². The van der Waals surface area contributed by atoms with Crippen molar-refractivity contribution in [2.75, 3.05) is 39.8 Å². The first-order chi connectivity index (χ1) is 14.6. The second-order valence-electron chi connectivity index (χ2n) is 8.12. The Labute approximate surface area is 178 Å². The Bertz CT molecular complexity index is 752. The van der Waals surface area contributed by atoms with Gasteiger partial charge in [-0.25, -0.2) is 0 Å². The standard InChI is InChI=1S/C23H33N3O4/c1-30-20-9-3-2-7-18(20)8-4-13-24-23(29)19-11-12-22(28)26(17-19)16-6-15-25-14-5-10-21(25)27/h2-3,7,9,19H,4-6,8,10-17H2,1H3,(H,24,29)/t19-/m1/s1. The van der Waals surface area contributed by atoms with E-state index in [9.17, 15) is 14.4 Å². The van der Waals surface area contributed by atoms with Crippen molar-refractivity contribution in [3.8, 4) is 5.75 Å². The Morgan fingerprint density at radius 1 is 1.10 bits per heavy atom. The lowest BCUT2D eigenvalue weighted by Gasteiger charge is -2.32. The lowest BCUT2D eigenvalue weighted by atomic mass is 9.96. The maximum Gasteiger partial charge on any atom is 0.224 e. The normalized spacial score (nSPS) is 19.3. The minimum Gasteiger partial charge on any atom is -0.496 e. The fourth-order valence-electron chi connectivity index (χ4n) is 4.28. The maximum absolute atomic E-state index is 12.6. The fourth-order valence-corrected chi connectivity index (χ4v) is 4.28. The number of aryl methyl sites for hydroxylation is 1. The summed E-state index contributed by atoms with van der Waals surface area (Å²) in [6, 6.07) is 7.93. The van der Waals surface area contributed by atoms with E-state index in [0.29, 0.717) is 45.4 Å². The highest BCUT2D eigenvalue weighted by Crippen LogP contribution is 2.20. The predicted octanol–water partition coefficient (Wildman–Crippen LogP) is 2.00. The smallest absolute Gasteiger partial charge is 0.224 e. The number of nitrogens with zero attached hydrogens (tertiary/aromatic N) is 2. The quantitative estimate of drug-likeness (QED) is 0.593. The highest BCUT2D eigenvalue weighted by Gasteiger charge is 2.30. The van der Waals surface area contributed by atoms with Crippen LogP contribution >= 0.6 is 0 Å². The van der Waals surface area contributed by atoms with Gasteiger partial charge in [0.05, 0.1) is 13.0 Å². The molecule has 2 aliphatic heterocycles. The molecular weight excluding hydrogens is 382 g/mol. The number of ether oxygens (including phenoxy) is 1. The summed E-state index contributed by atoms with van der Waals surface area (Å²) in [6.07, 6.45) is 5.05. The summed E-state index contributed by atoms with van der Waals surface area (Å²) in [5, 5.41) is 3.03. The van der Waals surface area contributed by atoms with Crippen LogP contribution in [-0.4, -0.2) is 67.4 Å². The molecule has 0 unspecified atom stereocenters. The second-order valence-corrected chi connectivity index (χ2v) is 8.12. The molecule has 7 nitrogen and oxygen atoms in total. The predicted molar refractivity (Wildman–Crippen MR) is 114 cm³/mol. The average Bonchev–Trinajstić information content (AvgIpc) is 3.17. The number of nitrogens with one attached hydrogen (secondary N) is 1. The molecule has 0 bridgehead atoms. The molecule has 1 atom stereocenters. The molecule has 30 heavy (non-hydrogen) atoms. The van der Waals surface area contributed by atoms with Crippen molar-refractivity contribution in [2.24, 2.45) is 5.92 Å². The van der Waals surface area contributed by atoms with Crippen LogP contribution in [0.3, 0.4) is 0 Å². The van der Waals surface area contributed by atoms with E-state index in [-0.39, 0.29) is 23.6 Å². The number of carbonyl (C=O) groups is 3. The van der Waals surface area contributed by atoms with E-state index in [2.05, 4.69) is 5.32 Å². The van der Waals surface area contributed by atoms with Crippen molar-refractivity contribution in [3.05, 3.63) is 29.8 Å². The van der Waals surface area contributed by atoms with Gasteiger partial charge in [-0.15, -0.1) is 0 Å². The minimum atomic E-state index is -0.151. The van der Waals surface area contributed by atoms with Crippen LogP contribution in [0.25, 0.3) is 0 Å². The molecule has 2 heterocycles. The lowest BCUT2D eigenvalue weighted by Crippen LogP contribution is -2.46. The van der Waals surface area contributed by atoms with Crippen LogP contribution in [0.2, 0.25) is 0 Å². The second kappa shape index (κ2) is 11.0. The summed E-state index contributed by atoms with van der Waals surface area (Å²) in [5.41, 5.74) is 1.14. The number of hydrogen-bond acceptors (Lipinski definition) is 4. The summed E-state index contributed by atoms with van der Waals surface area (Å²) in [6.45, 7) is 3.22. The first-order valence-corrected chi connectivity index (χ1v) is 11.0. The number of para-hydroxylation sites is 1. The summed E-state index contributed by atoms with van der Waals surface area (Å²) in [4.78, 5) is 40.2. The minimum absolute atomic E-state index is 0.0299. The van der Waals surface area contributed by atoms with E-state index in [1.54, 1.807) is 12.0 Å². The zero-order chi connectivity index (χ0) is 21.3. The summed E-state index contributed by atoms with van der Waals surface area (Å²) in [5.74, 6) is 1.08. The van der Waals surface area contributed by atoms with E-state index in [0.717, 1.165) is 43.5 Å². The van der Waals surface area contributed by atoms with E-state index in [1.165, 1.54) is 0 Å². The van der Waals surface area contributed by atoms with E-state index < -0.39 is 0 Å². The molecule has 0 saturated carbocycles. The third-order valence-corrected chi connectivity index (χ3v) is 6.01. The van der Waals surface area contributed by atoms with Crippen molar-refractivity contribution in [1.29, 1.82) is 0 Å². The van der Waals surface area contributed by atoms with E-state index >= 15 is 0 Å². The molecule has 2 fully saturated rings. The summed E-state index contributed by atoms with van der Waals surface area (Å²) < 4.78 is 5.36. The van der Waals surface area contributed by atoms with Crippen LogP contribution in [0.1, 0.15) is 44.1 Å². The third-order valence-electron chi connectivity index (χ3n) is 6.01. The number of methoxy groups -OCH3 is 1. The van der Waals surface area contributed by atoms with Gasteiger partial charge in [0.1, 0.15) is 5.75 Å².